The molecular weight excluding hydrogens is 261 g/mol. The summed E-state index contributed by atoms with van der Waals surface area (Å²) in [6, 6.07) is 8.35. The predicted octanol–water partition coefficient (Wildman–Crippen LogP) is 3.30. The Hall–Kier alpha value is -1.56. The van der Waals surface area contributed by atoms with Crippen LogP contribution in [0.25, 0.3) is 0 Å². The summed E-state index contributed by atoms with van der Waals surface area (Å²) in [5.41, 5.74) is 0.391. The zero-order chi connectivity index (χ0) is 13.9. The lowest BCUT2D eigenvalue weighted by Crippen LogP contribution is -2.23. The molecule has 0 radical (unpaired) electrons. The molecule has 0 unspecified atom stereocenters. The molecule has 1 fully saturated rings. The van der Waals surface area contributed by atoms with Crippen LogP contribution >= 0.6 is 0 Å². The zero-order valence-corrected chi connectivity index (χ0v) is 10.0. The predicted molar refractivity (Wildman–Crippen MR) is 60.4 cm³/mol. The van der Waals surface area contributed by atoms with Crippen molar-refractivity contribution in [2.75, 3.05) is 0 Å². The van der Waals surface area contributed by atoms with Crippen LogP contribution in [0.4, 0.5) is 13.2 Å². The number of esters is 1. The summed E-state index contributed by atoms with van der Waals surface area (Å²) in [7, 11) is 0. The van der Waals surface area contributed by atoms with E-state index in [9.17, 15) is 18.0 Å². The Kier molecular flexibility index (Phi) is 4.09. The van der Waals surface area contributed by atoms with E-state index < -0.39 is 24.5 Å². The van der Waals surface area contributed by atoms with Crippen molar-refractivity contribution in [3.8, 4) is 0 Å². The van der Waals surface area contributed by atoms with Gasteiger partial charge in [0.05, 0.1) is 11.7 Å². The Labute approximate surface area is 108 Å². The van der Waals surface area contributed by atoms with E-state index >= 15 is 0 Å². The first kappa shape index (κ1) is 13.9. The van der Waals surface area contributed by atoms with Crippen LogP contribution in [0.2, 0.25) is 0 Å². The molecule has 1 saturated carbocycles. The van der Waals surface area contributed by atoms with E-state index in [1.54, 1.807) is 30.3 Å². The second-order valence-corrected chi connectivity index (χ2v) is 4.39. The Bertz CT molecular complexity index is 431. The molecule has 19 heavy (non-hydrogen) atoms. The normalized spacial score (nSPS) is 23.3. The number of rotatable bonds is 3. The maximum Gasteiger partial charge on any atom is 0.522 e. The zero-order valence-electron chi connectivity index (χ0n) is 10.0. The van der Waals surface area contributed by atoms with Crippen LogP contribution in [0.15, 0.2) is 30.3 Å². The van der Waals surface area contributed by atoms with Crippen LogP contribution in [0.3, 0.4) is 0 Å². The van der Waals surface area contributed by atoms with Gasteiger partial charge in [-0.25, -0.2) is 4.79 Å². The number of carbonyl (C=O) groups excluding carboxylic acids is 1. The van der Waals surface area contributed by atoms with Crippen molar-refractivity contribution in [1.82, 2.24) is 0 Å². The Morgan fingerprint density at radius 2 is 1.74 bits per heavy atom. The lowest BCUT2D eigenvalue weighted by atomic mass is 10.2. The van der Waals surface area contributed by atoms with Gasteiger partial charge in [-0.15, -0.1) is 13.2 Å². The molecule has 3 nitrogen and oxygen atoms in total. The highest BCUT2D eigenvalue weighted by atomic mass is 19.4. The fourth-order valence-electron chi connectivity index (χ4n) is 2.10. The van der Waals surface area contributed by atoms with Gasteiger partial charge in [0, 0.05) is 6.42 Å². The summed E-state index contributed by atoms with van der Waals surface area (Å²) >= 11 is 0. The number of carbonyl (C=O) groups is 1. The average Bonchev–Trinajstić information content (AvgIpc) is 2.75. The molecule has 0 amide bonds. The number of hydrogen-bond donors (Lipinski definition) is 0. The maximum absolute atomic E-state index is 12.0. The van der Waals surface area contributed by atoms with Crippen molar-refractivity contribution in [2.45, 2.75) is 37.8 Å². The summed E-state index contributed by atoms with van der Waals surface area (Å²) < 4.78 is 45.2. The summed E-state index contributed by atoms with van der Waals surface area (Å²) in [6.07, 6.45) is -5.36. The molecule has 2 rings (SSSR count). The molecule has 104 valence electrons. The van der Waals surface area contributed by atoms with Crippen LogP contribution in [0, 0.1) is 0 Å². The number of alkyl halides is 3. The van der Waals surface area contributed by atoms with Gasteiger partial charge >= 0.3 is 12.3 Å². The van der Waals surface area contributed by atoms with Gasteiger partial charge in [-0.2, -0.15) is 0 Å². The molecule has 0 aromatic heterocycles. The van der Waals surface area contributed by atoms with Crippen LogP contribution in [-0.4, -0.2) is 24.5 Å². The molecule has 0 bridgehead atoms. The first-order valence-corrected chi connectivity index (χ1v) is 5.94. The Balaban J connectivity index is 1.84. The minimum atomic E-state index is -4.64. The van der Waals surface area contributed by atoms with Crippen molar-refractivity contribution < 1.29 is 27.4 Å². The largest absolute Gasteiger partial charge is 0.522 e. The molecule has 0 spiro atoms. The van der Waals surface area contributed by atoms with Gasteiger partial charge in [0.15, 0.2) is 0 Å². The topological polar surface area (TPSA) is 35.5 Å². The minimum absolute atomic E-state index is 0.0814. The second kappa shape index (κ2) is 5.61. The highest BCUT2D eigenvalue weighted by Gasteiger charge is 2.38. The quantitative estimate of drug-likeness (QED) is 0.793. The van der Waals surface area contributed by atoms with Gasteiger partial charge in [0.2, 0.25) is 0 Å². The smallest absolute Gasteiger partial charge is 0.459 e. The number of benzene rings is 1. The molecule has 0 heterocycles. The third-order valence-corrected chi connectivity index (χ3v) is 2.92. The Morgan fingerprint density at radius 1 is 1.11 bits per heavy atom. The minimum Gasteiger partial charge on any atom is -0.459 e. The van der Waals surface area contributed by atoms with E-state index in [4.69, 9.17) is 4.74 Å². The van der Waals surface area contributed by atoms with Crippen molar-refractivity contribution in [3.63, 3.8) is 0 Å². The van der Waals surface area contributed by atoms with Gasteiger partial charge in [-0.3, -0.25) is 4.74 Å². The van der Waals surface area contributed by atoms with Gasteiger partial charge in [-0.05, 0) is 25.0 Å². The van der Waals surface area contributed by atoms with Gasteiger partial charge < -0.3 is 4.74 Å². The van der Waals surface area contributed by atoms with Crippen molar-refractivity contribution in [2.24, 2.45) is 0 Å². The third kappa shape index (κ3) is 4.24. The van der Waals surface area contributed by atoms with E-state index in [1.807, 2.05) is 0 Å². The lowest BCUT2D eigenvalue weighted by molar-refractivity contribution is -0.342. The molecule has 1 aromatic rings. The van der Waals surface area contributed by atoms with Gasteiger partial charge in [0.1, 0.15) is 6.10 Å². The average molecular weight is 274 g/mol. The van der Waals surface area contributed by atoms with Crippen LogP contribution in [0.5, 0.6) is 0 Å². The monoisotopic (exact) mass is 274 g/mol. The van der Waals surface area contributed by atoms with E-state index in [0.29, 0.717) is 12.0 Å². The van der Waals surface area contributed by atoms with Crippen LogP contribution in [-0.2, 0) is 9.47 Å². The van der Waals surface area contributed by atoms with E-state index in [1.165, 1.54) is 0 Å². The lowest BCUT2D eigenvalue weighted by Gasteiger charge is -2.15. The molecule has 1 aromatic carbocycles. The molecule has 6 heteroatoms. The maximum atomic E-state index is 12.0. The first-order valence-electron chi connectivity index (χ1n) is 5.94. The highest BCUT2D eigenvalue weighted by molar-refractivity contribution is 5.89. The fraction of sp³-hybridized carbons (Fsp3) is 0.462. The highest BCUT2D eigenvalue weighted by Crippen LogP contribution is 2.30. The van der Waals surface area contributed by atoms with E-state index in [-0.39, 0.29) is 12.8 Å². The van der Waals surface area contributed by atoms with Crippen LogP contribution in [0.1, 0.15) is 29.6 Å². The standard InChI is InChI=1S/C13H13F3O3/c14-13(15,16)19-11-7-6-10(8-11)18-12(17)9-4-2-1-3-5-9/h1-5,10-11H,6-8H2/t10-,11-/m0/s1. The number of halogens is 3. The summed E-state index contributed by atoms with van der Waals surface area (Å²) in [5, 5.41) is 0. The van der Waals surface area contributed by atoms with Crippen molar-refractivity contribution >= 4 is 5.97 Å². The molecule has 1 aliphatic carbocycles. The SMILES string of the molecule is O=C(O[C@H]1CC[C@H](OC(F)(F)F)C1)c1ccccc1. The van der Waals surface area contributed by atoms with Gasteiger partial charge in [-0.1, -0.05) is 18.2 Å². The Morgan fingerprint density at radius 3 is 2.37 bits per heavy atom. The number of hydrogen-bond acceptors (Lipinski definition) is 3. The summed E-state index contributed by atoms with van der Waals surface area (Å²) in [4.78, 5) is 11.7. The van der Waals surface area contributed by atoms with Crippen molar-refractivity contribution in [3.05, 3.63) is 35.9 Å². The molecule has 0 saturated heterocycles. The fourth-order valence-corrected chi connectivity index (χ4v) is 2.10. The van der Waals surface area contributed by atoms with E-state index in [2.05, 4.69) is 4.74 Å². The number of ether oxygens (including phenoxy) is 2. The van der Waals surface area contributed by atoms with Gasteiger partial charge in [0.25, 0.3) is 0 Å². The third-order valence-electron chi connectivity index (χ3n) is 2.92. The molecule has 2 atom stereocenters. The van der Waals surface area contributed by atoms with E-state index in [0.717, 1.165) is 0 Å². The molecule has 1 aliphatic rings. The molecule has 0 aliphatic heterocycles. The molecule has 0 N–H and O–H groups in total. The first-order chi connectivity index (χ1) is 8.94. The van der Waals surface area contributed by atoms with Crippen molar-refractivity contribution in [1.29, 1.82) is 0 Å². The summed E-state index contributed by atoms with van der Waals surface area (Å²) in [5.74, 6) is -0.516. The van der Waals surface area contributed by atoms with Crippen LogP contribution < -0.4 is 0 Å². The molecular formula is C13H13F3O3. The second-order valence-electron chi connectivity index (χ2n) is 4.39. The summed E-state index contributed by atoms with van der Waals surface area (Å²) in [6.45, 7) is 0.